The Labute approximate surface area is 77.1 Å². The SMILES string of the molecule is COC1=CC(O)C=C(C)C1(O)OC. The molecule has 2 N–H and O–H groups in total. The number of aliphatic hydroxyl groups is 2. The second kappa shape index (κ2) is 3.49. The molecule has 0 aromatic rings. The third kappa shape index (κ3) is 1.60. The molecular weight excluding hydrogens is 172 g/mol. The van der Waals surface area contributed by atoms with Crippen LogP contribution in [0.25, 0.3) is 0 Å². The van der Waals surface area contributed by atoms with Gasteiger partial charge in [-0.05, 0) is 24.6 Å². The maximum absolute atomic E-state index is 9.93. The van der Waals surface area contributed by atoms with Crippen molar-refractivity contribution in [1.82, 2.24) is 0 Å². The van der Waals surface area contributed by atoms with Crippen LogP contribution in [0.4, 0.5) is 0 Å². The van der Waals surface area contributed by atoms with Gasteiger partial charge in [-0.1, -0.05) is 0 Å². The minimum atomic E-state index is -1.53. The van der Waals surface area contributed by atoms with Gasteiger partial charge in [0, 0.05) is 7.11 Å². The molecule has 0 aromatic heterocycles. The highest BCUT2D eigenvalue weighted by molar-refractivity contribution is 5.31. The minimum absolute atomic E-state index is 0.211. The Morgan fingerprint density at radius 3 is 2.46 bits per heavy atom. The molecule has 4 heteroatoms. The lowest BCUT2D eigenvalue weighted by Gasteiger charge is -2.32. The topological polar surface area (TPSA) is 58.9 Å². The smallest absolute Gasteiger partial charge is 0.248 e. The Balaban J connectivity index is 3.05. The molecule has 0 saturated carbocycles. The highest BCUT2D eigenvalue weighted by Crippen LogP contribution is 2.31. The van der Waals surface area contributed by atoms with Gasteiger partial charge in [-0.2, -0.15) is 0 Å². The number of hydrogen-bond donors (Lipinski definition) is 2. The molecule has 0 aromatic carbocycles. The van der Waals surface area contributed by atoms with Crippen LogP contribution in [-0.2, 0) is 9.47 Å². The van der Waals surface area contributed by atoms with E-state index in [1.165, 1.54) is 26.4 Å². The van der Waals surface area contributed by atoms with Crippen LogP contribution in [0.15, 0.2) is 23.5 Å². The fourth-order valence-corrected chi connectivity index (χ4v) is 1.35. The van der Waals surface area contributed by atoms with Crippen LogP contribution in [-0.4, -0.2) is 36.3 Å². The molecule has 1 aliphatic rings. The fourth-order valence-electron chi connectivity index (χ4n) is 1.35. The van der Waals surface area contributed by atoms with Crippen LogP contribution in [0, 0.1) is 0 Å². The first-order valence-electron chi connectivity index (χ1n) is 3.95. The zero-order chi connectivity index (χ0) is 10.1. The normalized spacial score (nSPS) is 33.8. The van der Waals surface area contributed by atoms with E-state index in [1.54, 1.807) is 6.92 Å². The first kappa shape index (κ1) is 10.2. The number of rotatable bonds is 2. The zero-order valence-electron chi connectivity index (χ0n) is 7.94. The second-order valence-corrected chi connectivity index (χ2v) is 2.92. The van der Waals surface area contributed by atoms with Crippen molar-refractivity contribution >= 4 is 0 Å². The molecule has 0 radical (unpaired) electrons. The Kier molecular flexibility index (Phi) is 2.75. The highest BCUT2D eigenvalue weighted by atomic mass is 16.6. The standard InChI is InChI=1S/C9H14O4/c1-6-4-7(10)5-8(12-2)9(6,11)13-3/h4-5,7,10-11H,1-3H3. The lowest BCUT2D eigenvalue weighted by Crippen LogP contribution is -2.39. The van der Waals surface area contributed by atoms with Gasteiger partial charge >= 0.3 is 0 Å². The summed E-state index contributed by atoms with van der Waals surface area (Å²) in [5.41, 5.74) is 0.516. The molecule has 2 atom stereocenters. The van der Waals surface area contributed by atoms with Crippen LogP contribution in [0.3, 0.4) is 0 Å². The molecule has 4 nitrogen and oxygen atoms in total. The van der Waals surface area contributed by atoms with E-state index in [1.807, 2.05) is 0 Å². The number of hydrogen-bond acceptors (Lipinski definition) is 4. The molecule has 0 bridgehead atoms. The second-order valence-electron chi connectivity index (χ2n) is 2.92. The number of aliphatic hydroxyl groups excluding tert-OH is 1. The lowest BCUT2D eigenvalue weighted by atomic mass is 9.97. The molecule has 0 spiro atoms. The molecule has 0 aliphatic heterocycles. The molecule has 2 unspecified atom stereocenters. The quantitative estimate of drug-likeness (QED) is 0.477. The van der Waals surface area contributed by atoms with E-state index < -0.39 is 11.9 Å². The Bertz CT molecular complexity index is 256. The van der Waals surface area contributed by atoms with Crippen molar-refractivity contribution in [1.29, 1.82) is 0 Å². The monoisotopic (exact) mass is 186 g/mol. The van der Waals surface area contributed by atoms with Crippen molar-refractivity contribution in [3.05, 3.63) is 23.5 Å². The summed E-state index contributed by atoms with van der Waals surface area (Å²) in [6.07, 6.45) is 2.17. The summed E-state index contributed by atoms with van der Waals surface area (Å²) in [5, 5.41) is 19.2. The summed E-state index contributed by atoms with van der Waals surface area (Å²) >= 11 is 0. The van der Waals surface area contributed by atoms with Crippen molar-refractivity contribution in [3.63, 3.8) is 0 Å². The Morgan fingerprint density at radius 1 is 1.38 bits per heavy atom. The van der Waals surface area contributed by atoms with Crippen molar-refractivity contribution < 1.29 is 19.7 Å². The van der Waals surface area contributed by atoms with Gasteiger partial charge in [0.25, 0.3) is 0 Å². The fraction of sp³-hybridized carbons (Fsp3) is 0.556. The molecule has 0 fully saturated rings. The summed E-state index contributed by atoms with van der Waals surface area (Å²) < 4.78 is 9.85. The molecule has 0 heterocycles. The van der Waals surface area contributed by atoms with Gasteiger partial charge in [0.05, 0.1) is 13.2 Å². The first-order chi connectivity index (χ1) is 6.04. The molecule has 0 amide bonds. The first-order valence-corrected chi connectivity index (χ1v) is 3.95. The highest BCUT2D eigenvalue weighted by Gasteiger charge is 2.38. The Morgan fingerprint density at radius 2 is 2.00 bits per heavy atom. The zero-order valence-corrected chi connectivity index (χ0v) is 7.94. The minimum Gasteiger partial charge on any atom is -0.495 e. The summed E-state index contributed by atoms with van der Waals surface area (Å²) in [6.45, 7) is 1.67. The van der Waals surface area contributed by atoms with Crippen molar-refractivity contribution in [2.45, 2.75) is 18.8 Å². The molecule has 1 aliphatic carbocycles. The van der Waals surface area contributed by atoms with E-state index >= 15 is 0 Å². The number of ether oxygens (including phenoxy) is 2. The van der Waals surface area contributed by atoms with E-state index in [9.17, 15) is 10.2 Å². The van der Waals surface area contributed by atoms with E-state index in [4.69, 9.17) is 9.47 Å². The van der Waals surface area contributed by atoms with Crippen molar-refractivity contribution in [3.8, 4) is 0 Å². The van der Waals surface area contributed by atoms with E-state index in [-0.39, 0.29) is 5.76 Å². The molecule has 0 saturated heterocycles. The summed E-state index contributed by atoms with van der Waals surface area (Å²) in [4.78, 5) is 0. The van der Waals surface area contributed by atoms with Crippen molar-refractivity contribution in [2.24, 2.45) is 0 Å². The van der Waals surface area contributed by atoms with E-state index in [2.05, 4.69) is 0 Å². The summed E-state index contributed by atoms with van der Waals surface area (Å²) in [5.74, 6) is -1.32. The molecule has 1 rings (SSSR count). The van der Waals surface area contributed by atoms with Gasteiger partial charge in [0.15, 0.2) is 5.76 Å². The lowest BCUT2D eigenvalue weighted by molar-refractivity contribution is -0.153. The Hall–Kier alpha value is -0.840. The largest absolute Gasteiger partial charge is 0.495 e. The van der Waals surface area contributed by atoms with Crippen LogP contribution in [0.2, 0.25) is 0 Å². The average Bonchev–Trinajstić information content (AvgIpc) is 2.11. The molecule has 13 heavy (non-hydrogen) atoms. The van der Waals surface area contributed by atoms with E-state index in [0.717, 1.165) is 0 Å². The maximum Gasteiger partial charge on any atom is 0.248 e. The van der Waals surface area contributed by atoms with Gasteiger partial charge in [0.1, 0.15) is 0 Å². The molecular formula is C9H14O4. The number of methoxy groups -OCH3 is 2. The van der Waals surface area contributed by atoms with Gasteiger partial charge in [-0.3, -0.25) is 0 Å². The van der Waals surface area contributed by atoms with E-state index in [0.29, 0.717) is 5.57 Å². The van der Waals surface area contributed by atoms with Crippen LogP contribution in [0.5, 0.6) is 0 Å². The third-order valence-corrected chi connectivity index (χ3v) is 2.13. The van der Waals surface area contributed by atoms with Gasteiger partial charge in [-0.15, -0.1) is 0 Å². The average molecular weight is 186 g/mol. The third-order valence-electron chi connectivity index (χ3n) is 2.13. The summed E-state index contributed by atoms with van der Waals surface area (Å²) in [7, 11) is 2.79. The predicted octanol–water partition coefficient (Wildman–Crippen LogP) is 0.172. The van der Waals surface area contributed by atoms with Gasteiger partial charge in [0.2, 0.25) is 5.79 Å². The van der Waals surface area contributed by atoms with Crippen molar-refractivity contribution in [2.75, 3.05) is 14.2 Å². The van der Waals surface area contributed by atoms with Crippen LogP contribution < -0.4 is 0 Å². The van der Waals surface area contributed by atoms with Gasteiger partial charge < -0.3 is 19.7 Å². The van der Waals surface area contributed by atoms with Crippen LogP contribution >= 0.6 is 0 Å². The van der Waals surface area contributed by atoms with Gasteiger partial charge in [-0.25, -0.2) is 0 Å². The maximum atomic E-state index is 9.93. The molecule has 74 valence electrons. The predicted molar refractivity (Wildman–Crippen MR) is 46.8 cm³/mol. The van der Waals surface area contributed by atoms with Crippen LogP contribution in [0.1, 0.15) is 6.92 Å². The summed E-state index contributed by atoms with van der Waals surface area (Å²) in [6, 6.07) is 0.